The van der Waals surface area contributed by atoms with Crippen LogP contribution < -0.4 is 10.7 Å². The summed E-state index contributed by atoms with van der Waals surface area (Å²) in [5, 5.41) is 8.52. The fourth-order valence-electron chi connectivity index (χ4n) is 3.00. The number of hydrogen-bond acceptors (Lipinski definition) is 4. The summed E-state index contributed by atoms with van der Waals surface area (Å²) >= 11 is 0. The molecule has 4 rings (SSSR count). The first-order valence-electron chi connectivity index (χ1n) is 7.22. The number of aromatic amines is 1. The number of guanidine groups is 1. The Morgan fingerprint density at radius 3 is 3.10 bits per heavy atom. The fraction of sp³-hybridized carbons (Fsp3) is 0.333. The van der Waals surface area contributed by atoms with Gasteiger partial charge in [-0.25, -0.2) is 14.8 Å². The van der Waals surface area contributed by atoms with Crippen molar-refractivity contribution in [3.8, 4) is 0 Å². The Kier molecular flexibility index (Phi) is 2.87. The lowest BCUT2D eigenvalue weighted by Gasteiger charge is -2.14. The highest BCUT2D eigenvalue weighted by Crippen LogP contribution is 2.29. The number of hydrazone groups is 1. The van der Waals surface area contributed by atoms with Crippen LogP contribution in [0.4, 0.5) is 4.39 Å². The van der Waals surface area contributed by atoms with Gasteiger partial charge in [-0.1, -0.05) is 0 Å². The van der Waals surface area contributed by atoms with E-state index in [0.29, 0.717) is 5.96 Å². The number of aromatic nitrogens is 1. The van der Waals surface area contributed by atoms with E-state index >= 15 is 0 Å². The number of nitrogens with zero attached hydrogens (tertiary/aromatic N) is 2. The number of nitrogens with one attached hydrogen (secondary N) is 3. The van der Waals surface area contributed by atoms with Gasteiger partial charge in [0.2, 0.25) is 5.96 Å². The lowest BCUT2D eigenvalue weighted by Crippen LogP contribution is -2.31. The highest BCUT2D eigenvalue weighted by Gasteiger charge is 2.21. The van der Waals surface area contributed by atoms with Crippen molar-refractivity contribution in [3.05, 3.63) is 35.3 Å². The number of aliphatic imine (C=N–C) groups is 1. The first-order valence-corrected chi connectivity index (χ1v) is 7.22. The Bertz CT molecular complexity index is 759. The minimum atomic E-state index is -0.219. The zero-order chi connectivity index (χ0) is 14.2. The molecule has 1 aromatic carbocycles. The first kappa shape index (κ1) is 12.4. The van der Waals surface area contributed by atoms with Gasteiger partial charge in [0, 0.05) is 28.7 Å². The predicted molar refractivity (Wildman–Crippen MR) is 81.2 cm³/mol. The highest BCUT2D eigenvalue weighted by molar-refractivity contribution is 6.13. The largest absolute Gasteiger partial charge is 0.358 e. The molecule has 0 spiro atoms. The zero-order valence-electron chi connectivity index (χ0n) is 11.5. The van der Waals surface area contributed by atoms with E-state index in [1.807, 2.05) is 0 Å². The van der Waals surface area contributed by atoms with E-state index in [4.69, 9.17) is 0 Å². The van der Waals surface area contributed by atoms with Crippen LogP contribution in [0.5, 0.6) is 0 Å². The molecule has 2 aromatic rings. The maximum Gasteiger partial charge on any atom is 0.212 e. The third-order valence-electron chi connectivity index (χ3n) is 3.94. The summed E-state index contributed by atoms with van der Waals surface area (Å²) in [5.41, 5.74) is 7.09. The molecule has 0 unspecified atom stereocenters. The Hall–Kier alpha value is -2.37. The van der Waals surface area contributed by atoms with Crippen molar-refractivity contribution in [1.29, 1.82) is 0 Å². The molecule has 0 saturated heterocycles. The topological polar surface area (TPSA) is 64.6 Å². The first-order chi connectivity index (χ1) is 10.3. The van der Waals surface area contributed by atoms with Crippen molar-refractivity contribution < 1.29 is 4.39 Å². The van der Waals surface area contributed by atoms with Crippen molar-refractivity contribution in [3.63, 3.8) is 0 Å². The predicted octanol–water partition coefficient (Wildman–Crippen LogP) is 1.90. The minimum Gasteiger partial charge on any atom is -0.358 e. The standard InChI is InChI=1S/C15H16FN5/c16-9-4-5-11-10(8-9)14-12(19-11)2-1-3-13(14)20-21-15-17-6-7-18-15/h4-5,8,19H,1-3,6-7H2,(H2,17,18,21). The second kappa shape index (κ2) is 4.87. The molecule has 0 saturated carbocycles. The quantitative estimate of drug-likeness (QED) is 0.701. The minimum absolute atomic E-state index is 0.219. The van der Waals surface area contributed by atoms with Crippen LogP contribution in [0.2, 0.25) is 0 Å². The number of halogens is 1. The summed E-state index contributed by atoms with van der Waals surface area (Å²) in [6, 6.07) is 4.85. The van der Waals surface area contributed by atoms with Crippen molar-refractivity contribution in [1.82, 2.24) is 15.7 Å². The molecule has 1 aliphatic heterocycles. The summed E-state index contributed by atoms with van der Waals surface area (Å²) in [5.74, 6) is 0.490. The summed E-state index contributed by atoms with van der Waals surface area (Å²) in [6.07, 6.45) is 2.91. The van der Waals surface area contributed by atoms with Crippen LogP contribution in [0.3, 0.4) is 0 Å². The van der Waals surface area contributed by atoms with Crippen molar-refractivity contribution in [2.24, 2.45) is 10.1 Å². The van der Waals surface area contributed by atoms with Crippen molar-refractivity contribution in [2.75, 3.05) is 13.1 Å². The Labute approximate surface area is 121 Å². The molecule has 0 bridgehead atoms. The molecule has 1 aliphatic carbocycles. The molecule has 2 aliphatic rings. The average molecular weight is 285 g/mol. The highest BCUT2D eigenvalue weighted by atomic mass is 19.1. The van der Waals surface area contributed by atoms with Gasteiger partial charge in [0.25, 0.3) is 0 Å². The number of H-pyrrole nitrogens is 1. The zero-order valence-corrected chi connectivity index (χ0v) is 11.5. The SMILES string of the molecule is Fc1ccc2[nH]c3c(c2c1)C(=NNC1=NCCN1)CCC3. The number of fused-ring (bicyclic) bond motifs is 3. The van der Waals surface area contributed by atoms with Crippen LogP contribution in [0.25, 0.3) is 10.9 Å². The van der Waals surface area contributed by atoms with Gasteiger partial charge >= 0.3 is 0 Å². The van der Waals surface area contributed by atoms with E-state index in [0.717, 1.165) is 60.2 Å². The van der Waals surface area contributed by atoms with E-state index < -0.39 is 0 Å². The van der Waals surface area contributed by atoms with Gasteiger partial charge in [0.15, 0.2) is 0 Å². The van der Waals surface area contributed by atoms with E-state index in [-0.39, 0.29) is 5.82 Å². The second-order valence-electron chi connectivity index (χ2n) is 5.35. The Balaban J connectivity index is 1.77. The molecular formula is C15H16FN5. The lowest BCUT2D eigenvalue weighted by atomic mass is 9.93. The average Bonchev–Trinajstić information content (AvgIpc) is 3.12. The van der Waals surface area contributed by atoms with Crippen molar-refractivity contribution in [2.45, 2.75) is 19.3 Å². The molecule has 0 fully saturated rings. The van der Waals surface area contributed by atoms with E-state index in [1.165, 1.54) is 6.07 Å². The molecule has 0 radical (unpaired) electrons. The van der Waals surface area contributed by atoms with Crippen LogP contribution in [0.1, 0.15) is 24.1 Å². The van der Waals surface area contributed by atoms with E-state index in [2.05, 4.69) is 25.8 Å². The molecule has 0 atom stereocenters. The molecule has 5 nitrogen and oxygen atoms in total. The molecule has 2 heterocycles. The van der Waals surface area contributed by atoms with Crippen molar-refractivity contribution >= 4 is 22.6 Å². The van der Waals surface area contributed by atoms with Gasteiger partial charge in [0.05, 0.1) is 12.3 Å². The van der Waals surface area contributed by atoms with Crippen LogP contribution in [0, 0.1) is 5.82 Å². The molecular weight excluding hydrogens is 269 g/mol. The number of rotatable bonds is 1. The summed E-state index contributed by atoms with van der Waals surface area (Å²) in [4.78, 5) is 7.64. The third kappa shape index (κ3) is 2.16. The number of hydrogen-bond donors (Lipinski definition) is 3. The molecule has 21 heavy (non-hydrogen) atoms. The lowest BCUT2D eigenvalue weighted by molar-refractivity contribution is 0.629. The van der Waals surface area contributed by atoms with E-state index in [1.54, 1.807) is 12.1 Å². The smallest absolute Gasteiger partial charge is 0.212 e. The summed E-state index contributed by atoms with van der Waals surface area (Å²) in [7, 11) is 0. The van der Waals surface area contributed by atoms with Gasteiger partial charge in [-0.2, -0.15) is 5.10 Å². The summed E-state index contributed by atoms with van der Waals surface area (Å²) in [6.45, 7) is 1.62. The van der Waals surface area contributed by atoms with Crippen LogP contribution in [-0.2, 0) is 6.42 Å². The van der Waals surface area contributed by atoms with Gasteiger partial charge in [-0.3, -0.25) is 0 Å². The molecule has 0 amide bonds. The summed E-state index contributed by atoms with van der Waals surface area (Å²) < 4.78 is 13.5. The molecule has 3 N–H and O–H groups in total. The van der Waals surface area contributed by atoms with Gasteiger partial charge in [0.1, 0.15) is 5.82 Å². The Morgan fingerprint density at radius 1 is 1.29 bits per heavy atom. The third-order valence-corrected chi connectivity index (χ3v) is 3.94. The Morgan fingerprint density at radius 2 is 2.24 bits per heavy atom. The monoisotopic (exact) mass is 285 g/mol. The van der Waals surface area contributed by atoms with Gasteiger partial charge < -0.3 is 10.3 Å². The van der Waals surface area contributed by atoms with Crippen LogP contribution >= 0.6 is 0 Å². The van der Waals surface area contributed by atoms with Gasteiger partial charge in [-0.05, 0) is 37.5 Å². The maximum absolute atomic E-state index is 13.5. The van der Waals surface area contributed by atoms with Gasteiger partial charge in [-0.15, -0.1) is 0 Å². The van der Waals surface area contributed by atoms with Crippen LogP contribution in [0.15, 0.2) is 28.3 Å². The number of benzene rings is 1. The van der Waals surface area contributed by atoms with Crippen LogP contribution in [-0.4, -0.2) is 29.7 Å². The molecule has 1 aromatic heterocycles. The number of aryl methyl sites for hydroxylation is 1. The normalized spacial score (nSPS) is 19.5. The maximum atomic E-state index is 13.5. The van der Waals surface area contributed by atoms with E-state index in [9.17, 15) is 4.39 Å². The fourth-order valence-corrected chi connectivity index (χ4v) is 3.00. The second-order valence-corrected chi connectivity index (χ2v) is 5.35. The molecule has 108 valence electrons. The molecule has 6 heteroatoms.